The number of benzene rings is 1. The van der Waals surface area contributed by atoms with Gasteiger partial charge >= 0.3 is 0 Å². The van der Waals surface area contributed by atoms with Crippen LogP contribution in [-0.2, 0) is 19.6 Å². The van der Waals surface area contributed by atoms with E-state index >= 15 is 0 Å². The molecule has 3 rings (SSSR count). The second-order valence-corrected chi connectivity index (χ2v) is 5.19. The molecule has 1 aliphatic rings. The van der Waals surface area contributed by atoms with Crippen molar-refractivity contribution in [3.63, 3.8) is 0 Å². The Morgan fingerprint density at radius 1 is 1.36 bits per heavy atom. The van der Waals surface area contributed by atoms with Crippen LogP contribution in [0.2, 0.25) is 0 Å². The van der Waals surface area contributed by atoms with E-state index in [-0.39, 0.29) is 36.8 Å². The van der Waals surface area contributed by atoms with Crippen LogP contribution in [0.5, 0.6) is 0 Å². The lowest BCUT2D eigenvalue weighted by Crippen LogP contribution is -2.35. The fourth-order valence-corrected chi connectivity index (χ4v) is 2.48. The number of nitrogens with one attached hydrogen (secondary N) is 2. The van der Waals surface area contributed by atoms with E-state index in [0.29, 0.717) is 6.54 Å². The summed E-state index contributed by atoms with van der Waals surface area (Å²) in [5, 5.41) is 10.4. The van der Waals surface area contributed by atoms with Crippen LogP contribution in [0.25, 0.3) is 0 Å². The summed E-state index contributed by atoms with van der Waals surface area (Å²) >= 11 is 0. The normalized spacial score (nSPS) is 13.5. The number of carbonyl (C=O) groups is 1. The highest BCUT2D eigenvalue weighted by atomic mass is 35.5. The fourth-order valence-electron chi connectivity index (χ4n) is 2.48. The Hall–Kier alpha value is -1.56. The molecule has 0 aliphatic carbocycles. The highest BCUT2D eigenvalue weighted by Gasteiger charge is 2.15. The summed E-state index contributed by atoms with van der Waals surface area (Å²) in [5.41, 5.74) is 3.23. The molecule has 0 saturated heterocycles. The number of carbonyl (C=O) groups excluding carboxylic acids is 1. The molecule has 0 fully saturated rings. The maximum atomic E-state index is 12.2. The van der Waals surface area contributed by atoms with Gasteiger partial charge < -0.3 is 10.6 Å². The number of fused-ring (bicyclic) bond motifs is 1. The zero-order valence-corrected chi connectivity index (χ0v) is 13.9. The summed E-state index contributed by atoms with van der Waals surface area (Å²) in [6, 6.07) is 7.81. The highest BCUT2D eigenvalue weighted by molar-refractivity contribution is 5.94. The minimum Gasteiger partial charge on any atom is -0.348 e. The molecule has 1 aliphatic heterocycles. The van der Waals surface area contributed by atoms with E-state index in [2.05, 4.69) is 15.7 Å². The molecule has 2 heterocycles. The molecular weight excluding hydrogens is 323 g/mol. The molecule has 0 spiro atoms. The molecule has 1 aromatic heterocycles. The summed E-state index contributed by atoms with van der Waals surface area (Å²) in [5.74, 6) is -0.0284. The van der Waals surface area contributed by atoms with E-state index in [1.807, 2.05) is 42.1 Å². The van der Waals surface area contributed by atoms with Crippen molar-refractivity contribution in [1.82, 2.24) is 20.4 Å². The van der Waals surface area contributed by atoms with E-state index < -0.39 is 0 Å². The standard InChI is InChI=1S/C15H18N4O.2ClH/c1-11(10-19-6-2-5-17-19)18-15(20)12-3-4-13-8-16-9-14(13)7-12;;/h2-7,11,16H,8-10H2,1H3,(H,18,20);2*1H. The lowest BCUT2D eigenvalue weighted by atomic mass is 10.1. The molecule has 1 aromatic carbocycles. The first-order valence-corrected chi connectivity index (χ1v) is 6.83. The monoisotopic (exact) mass is 342 g/mol. The molecule has 0 radical (unpaired) electrons. The number of halogens is 2. The maximum Gasteiger partial charge on any atom is 0.251 e. The zero-order valence-electron chi connectivity index (χ0n) is 12.3. The van der Waals surface area contributed by atoms with Crippen molar-refractivity contribution >= 4 is 30.7 Å². The summed E-state index contributed by atoms with van der Waals surface area (Å²) in [6.45, 7) is 4.39. The van der Waals surface area contributed by atoms with E-state index in [1.54, 1.807) is 6.20 Å². The Bertz CT molecular complexity index is 616. The highest BCUT2D eigenvalue weighted by Crippen LogP contribution is 2.17. The first-order chi connectivity index (χ1) is 9.72. The number of amides is 1. The fraction of sp³-hybridized carbons (Fsp3) is 0.333. The van der Waals surface area contributed by atoms with E-state index in [4.69, 9.17) is 0 Å². The van der Waals surface area contributed by atoms with Crippen LogP contribution in [0.4, 0.5) is 0 Å². The third-order valence-electron chi connectivity index (χ3n) is 3.50. The molecule has 22 heavy (non-hydrogen) atoms. The van der Waals surface area contributed by atoms with Gasteiger partial charge in [0.05, 0.1) is 6.54 Å². The van der Waals surface area contributed by atoms with E-state index in [1.165, 1.54) is 11.1 Å². The summed E-state index contributed by atoms with van der Waals surface area (Å²) in [4.78, 5) is 12.2. The molecule has 7 heteroatoms. The second-order valence-electron chi connectivity index (χ2n) is 5.19. The van der Waals surface area contributed by atoms with Gasteiger partial charge in [-0.1, -0.05) is 6.07 Å². The summed E-state index contributed by atoms with van der Waals surface area (Å²) in [6.07, 6.45) is 3.63. The molecule has 1 amide bonds. The SMILES string of the molecule is CC(Cn1cccn1)NC(=O)c1ccc2c(c1)CNC2.Cl.Cl. The average molecular weight is 343 g/mol. The molecule has 0 saturated carbocycles. The van der Waals surface area contributed by atoms with Crippen molar-refractivity contribution in [3.8, 4) is 0 Å². The third-order valence-corrected chi connectivity index (χ3v) is 3.50. The maximum absolute atomic E-state index is 12.2. The number of aromatic nitrogens is 2. The van der Waals surface area contributed by atoms with Crippen LogP contribution < -0.4 is 10.6 Å². The zero-order chi connectivity index (χ0) is 13.9. The molecule has 0 bridgehead atoms. The lowest BCUT2D eigenvalue weighted by Gasteiger charge is -2.14. The van der Waals surface area contributed by atoms with Crippen LogP contribution in [0.15, 0.2) is 36.7 Å². The van der Waals surface area contributed by atoms with Gasteiger partial charge in [0.15, 0.2) is 0 Å². The first kappa shape index (κ1) is 18.5. The second kappa shape index (κ2) is 8.17. The van der Waals surface area contributed by atoms with Gasteiger partial charge in [0.25, 0.3) is 5.91 Å². The minimum atomic E-state index is -0.0284. The van der Waals surface area contributed by atoms with Gasteiger partial charge in [0.1, 0.15) is 0 Å². The van der Waals surface area contributed by atoms with Crippen LogP contribution >= 0.6 is 24.8 Å². The smallest absolute Gasteiger partial charge is 0.251 e. The van der Waals surface area contributed by atoms with E-state index in [0.717, 1.165) is 18.7 Å². The largest absolute Gasteiger partial charge is 0.348 e. The van der Waals surface area contributed by atoms with Crippen LogP contribution in [0.3, 0.4) is 0 Å². The lowest BCUT2D eigenvalue weighted by molar-refractivity contribution is 0.0936. The Labute approximate surface area is 142 Å². The topological polar surface area (TPSA) is 59.0 Å². The summed E-state index contributed by atoms with van der Waals surface area (Å²) in [7, 11) is 0. The van der Waals surface area contributed by atoms with Crippen molar-refractivity contribution in [2.45, 2.75) is 32.6 Å². The Morgan fingerprint density at radius 3 is 2.86 bits per heavy atom. The Kier molecular flexibility index (Phi) is 6.87. The predicted octanol–water partition coefficient (Wildman–Crippen LogP) is 2.15. The summed E-state index contributed by atoms with van der Waals surface area (Å²) < 4.78 is 1.82. The number of nitrogens with zero attached hydrogens (tertiary/aromatic N) is 2. The van der Waals surface area contributed by atoms with Crippen molar-refractivity contribution < 1.29 is 4.79 Å². The number of hydrogen-bond donors (Lipinski definition) is 2. The van der Waals surface area contributed by atoms with Crippen molar-refractivity contribution in [1.29, 1.82) is 0 Å². The van der Waals surface area contributed by atoms with Crippen LogP contribution in [0.1, 0.15) is 28.4 Å². The van der Waals surface area contributed by atoms with Gasteiger partial charge in [0, 0.05) is 37.1 Å². The first-order valence-electron chi connectivity index (χ1n) is 6.83. The average Bonchev–Trinajstić information content (AvgIpc) is 3.07. The van der Waals surface area contributed by atoms with Crippen LogP contribution in [0, 0.1) is 0 Å². The van der Waals surface area contributed by atoms with Gasteiger partial charge in [-0.25, -0.2) is 0 Å². The Morgan fingerprint density at radius 2 is 2.14 bits per heavy atom. The molecular formula is C15H20Cl2N4O. The third kappa shape index (κ3) is 4.22. The molecule has 5 nitrogen and oxygen atoms in total. The van der Waals surface area contributed by atoms with Gasteiger partial charge in [-0.3, -0.25) is 9.48 Å². The quantitative estimate of drug-likeness (QED) is 0.894. The number of rotatable bonds is 4. The molecule has 120 valence electrons. The van der Waals surface area contributed by atoms with Gasteiger partial charge in [0.2, 0.25) is 0 Å². The van der Waals surface area contributed by atoms with Gasteiger partial charge in [-0.15, -0.1) is 24.8 Å². The van der Waals surface area contributed by atoms with Gasteiger partial charge in [-0.2, -0.15) is 5.10 Å². The minimum absolute atomic E-state index is 0. The molecule has 2 N–H and O–H groups in total. The molecule has 2 aromatic rings. The van der Waals surface area contributed by atoms with E-state index in [9.17, 15) is 4.79 Å². The molecule has 1 unspecified atom stereocenters. The molecule has 1 atom stereocenters. The van der Waals surface area contributed by atoms with Crippen molar-refractivity contribution in [2.75, 3.05) is 0 Å². The van der Waals surface area contributed by atoms with Crippen molar-refractivity contribution in [3.05, 3.63) is 53.3 Å². The predicted molar refractivity (Wildman–Crippen MR) is 90.6 cm³/mol. The Balaban J connectivity index is 0.00000121. The van der Waals surface area contributed by atoms with Crippen molar-refractivity contribution in [2.24, 2.45) is 0 Å². The number of hydrogen-bond acceptors (Lipinski definition) is 3. The van der Waals surface area contributed by atoms with Gasteiger partial charge in [-0.05, 0) is 36.2 Å². The van der Waals surface area contributed by atoms with Crippen LogP contribution in [-0.4, -0.2) is 21.7 Å².